The fourth-order valence-corrected chi connectivity index (χ4v) is 4.56. The molecule has 10 heteroatoms. The molecule has 0 fully saturated rings. The Labute approximate surface area is 239 Å². The van der Waals surface area contributed by atoms with Crippen molar-refractivity contribution < 1.29 is 14.3 Å². The van der Waals surface area contributed by atoms with Gasteiger partial charge < -0.3 is 14.8 Å². The zero-order valence-corrected chi connectivity index (χ0v) is 24.2. The van der Waals surface area contributed by atoms with Gasteiger partial charge in [-0.1, -0.05) is 59.1 Å². The molecule has 4 rings (SSSR count). The lowest BCUT2D eigenvalue weighted by Gasteiger charge is -2.14. The molecule has 1 aromatic heterocycles. The summed E-state index contributed by atoms with van der Waals surface area (Å²) in [5.74, 6) is 0.800. The topological polar surface area (TPSA) is 94.8 Å². The highest BCUT2D eigenvalue weighted by Gasteiger charge is 2.15. The number of aryl methyl sites for hydroxylation is 2. The Morgan fingerprint density at radius 1 is 1.21 bits per heavy atom. The first-order valence-electron chi connectivity index (χ1n) is 12.4. The first-order chi connectivity index (χ1) is 18.8. The predicted octanol–water partition coefficient (Wildman–Crippen LogP) is 6.37. The zero-order valence-electron chi connectivity index (χ0n) is 21.8. The summed E-state index contributed by atoms with van der Waals surface area (Å²) in [6.45, 7) is 3.73. The van der Waals surface area contributed by atoms with E-state index >= 15 is 0 Å². The van der Waals surface area contributed by atoms with Crippen molar-refractivity contribution in [3.05, 3.63) is 91.4 Å². The smallest absolute Gasteiger partial charge is 0.282 e. The van der Waals surface area contributed by atoms with E-state index in [-0.39, 0.29) is 28.8 Å². The molecular formula is C29H28BrClN4O4. The lowest BCUT2D eigenvalue weighted by atomic mass is 10.2. The fourth-order valence-electron chi connectivity index (χ4n) is 3.93. The molecule has 1 heterocycles. The highest BCUT2D eigenvalue weighted by Crippen LogP contribution is 2.36. The molecule has 0 aliphatic rings. The van der Waals surface area contributed by atoms with Crippen molar-refractivity contribution >= 4 is 56.2 Å². The van der Waals surface area contributed by atoms with E-state index in [4.69, 9.17) is 21.1 Å². The van der Waals surface area contributed by atoms with Gasteiger partial charge >= 0.3 is 0 Å². The Morgan fingerprint density at radius 3 is 2.74 bits per heavy atom. The Bertz CT molecular complexity index is 1600. The summed E-state index contributed by atoms with van der Waals surface area (Å²) in [6, 6.07) is 16.2. The van der Waals surface area contributed by atoms with Crippen molar-refractivity contribution in [3.8, 4) is 11.5 Å². The van der Waals surface area contributed by atoms with Gasteiger partial charge in [0.2, 0.25) is 0 Å². The number of nitrogens with zero attached hydrogens (tertiary/aromatic N) is 3. The van der Waals surface area contributed by atoms with Crippen LogP contribution in [0.25, 0.3) is 10.9 Å². The van der Waals surface area contributed by atoms with E-state index in [2.05, 4.69) is 38.3 Å². The molecule has 4 aromatic rings. The molecule has 0 atom stereocenters. The van der Waals surface area contributed by atoms with E-state index in [0.717, 1.165) is 22.9 Å². The van der Waals surface area contributed by atoms with Crippen LogP contribution in [0.4, 0.5) is 5.69 Å². The molecule has 1 N–H and O–H groups in total. The number of methoxy groups -OCH3 is 1. The molecule has 0 aliphatic heterocycles. The maximum atomic E-state index is 13.3. The van der Waals surface area contributed by atoms with Gasteiger partial charge in [0.05, 0.1) is 29.2 Å². The standard InChI is InChI=1S/C29H28BrClN4O4/c1-4-5-10-26-33-24-12-11-20(30)15-21(24)29(37)35(26)32-16-19-13-22(31)28(25(14-19)38-3)39-17-27(36)34-23-9-7-6-8-18(23)2/h6-9,11-16H,4-5,10,17H2,1-3H3,(H,34,36). The number of amides is 1. The number of halogens is 2. The summed E-state index contributed by atoms with van der Waals surface area (Å²) < 4.78 is 13.3. The Kier molecular flexibility index (Phi) is 9.37. The zero-order chi connectivity index (χ0) is 27.9. The number of benzene rings is 3. The minimum atomic E-state index is -0.331. The molecule has 0 spiro atoms. The van der Waals surface area contributed by atoms with Gasteiger partial charge in [-0.25, -0.2) is 4.98 Å². The molecule has 0 saturated heterocycles. The van der Waals surface area contributed by atoms with E-state index in [1.807, 2.05) is 43.3 Å². The summed E-state index contributed by atoms with van der Waals surface area (Å²) in [5, 5.41) is 7.98. The number of hydrogen-bond acceptors (Lipinski definition) is 6. The first kappa shape index (κ1) is 28.3. The van der Waals surface area contributed by atoms with Gasteiger partial charge in [-0.3, -0.25) is 9.59 Å². The van der Waals surface area contributed by atoms with Crippen LogP contribution in [-0.4, -0.2) is 35.5 Å². The largest absolute Gasteiger partial charge is 0.493 e. The molecule has 0 radical (unpaired) electrons. The minimum Gasteiger partial charge on any atom is -0.493 e. The SMILES string of the molecule is CCCCc1nc2ccc(Br)cc2c(=O)n1N=Cc1cc(Cl)c(OCC(=O)Nc2ccccc2C)c(OC)c1. The second-order valence-corrected chi connectivity index (χ2v) is 10.2. The quantitative estimate of drug-likeness (QED) is 0.210. The Hall–Kier alpha value is -3.69. The number of rotatable bonds is 10. The Balaban J connectivity index is 1.59. The number of fused-ring (bicyclic) bond motifs is 1. The van der Waals surface area contributed by atoms with Gasteiger partial charge in [-0.2, -0.15) is 9.78 Å². The highest BCUT2D eigenvalue weighted by atomic mass is 79.9. The van der Waals surface area contributed by atoms with Crippen LogP contribution in [0.15, 0.2) is 69.0 Å². The number of hydrogen-bond donors (Lipinski definition) is 1. The molecule has 8 nitrogen and oxygen atoms in total. The van der Waals surface area contributed by atoms with Crippen LogP contribution in [-0.2, 0) is 11.2 Å². The van der Waals surface area contributed by atoms with Crippen molar-refractivity contribution in [2.24, 2.45) is 5.10 Å². The van der Waals surface area contributed by atoms with E-state index in [9.17, 15) is 9.59 Å². The first-order valence-corrected chi connectivity index (χ1v) is 13.6. The van der Waals surface area contributed by atoms with Gasteiger partial charge in [0.15, 0.2) is 18.1 Å². The van der Waals surface area contributed by atoms with E-state index in [0.29, 0.717) is 40.1 Å². The van der Waals surface area contributed by atoms with Gasteiger partial charge in [0.25, 0.3) is 11.5 Å². The van der Waals surface area contributed by atoms with Crippen LogP contribution in [0.3, 0.4) is 0 Å². The van der Waals surface area contributed by atoms with Crippen LogP contribution in [0.1, 0.15) is 36.7 Å². The number of nitrogens with one attached hydrogen (secondary N) is 1. The third kappa shape index (κ3) is 6.85. The number of aromatic nitrogens is 2. The van der Waals surface area contributed by atoms with E-state index in [1.165, 1.54) is 18.0 Å². The summed E-state index contributed by atoms with van der Waals surface area (Å²) in [5.41, 5.74) is 2.59. The van der Waals surface area contributed by atoms with Crippen molar-refractivity contribution in [1.82, 2.24) is 9.66 Å². The molecule has 0 saturated carbocycles. The van der Waals surface area contributed by atoms with Crippen LogP contribution in [0.5, 0.6) is 11.5 Å². The Morgan fingerprint density at radius 2 is 2.00 bits per heavy atom. The lowest BCUT2D eigenvalue weighted by molar-refractivity contribution is -0.118. The van der Waals surface area contributed by atoms with Crippen molar-refractivity contribution in [2.45, 2.75) is 33.1 Å². The van der Waals surface area contributed by atoms with E-state index in [1.54, 1.807) is 18.2 Å². The van der Waals surface area contributed by atoms with E-state index < -0.39 is 0 Å². The van der Waals surface area contributed by atoms with Gasteiger partial charge in [-0.15, -0.1) is 0 Å². The molecule has 39 heavy (non-hydrogen) atoms. The summed E-state index contributed by atoms with van der Waals surface area (Å²) in [6.07, 6.45) is 3.95. The van der Waals surface area contributed by atoms with Crippen molar-refractivity contribution in [1.29, 1.82) is 0 Å². The molecule has 1 amide bonds. The summed E-state index contributed by atoms with van der Waals surface area (Å²) >= 11 is 9.93. The van der Waals surface area contributed by atoms with Crippen LogP contribution in [0, 0.1) is 6.92 Å². The summed E-state index contributed by atoms with van der Waals surface area (Å²) in [4.78, 5) is 30.4. The molecule has 3 aromatic carbocycles. The average Bonchev–Trinajstić information content (AvgIpc) is 2.92. The molecular weight excluding hydrogens is 584 g/mol. The predicted molar refractivity (Wildman–Crippen MR) is 159 cm³/mol. The molecule has 0 unspecified atom stereocenters. The van der Waals surface area contributed by atoms with Crippen molar-refractivity contribution in [2.75, 3.05) is 19.0 Å². The van der Waals surface area contributed by atoms with Gasteiger partial charge in [-0.05, 0) is 60.9 Å². The minimum absolute atomic E-state index is 0.231. The molecule has 202 valence electrons. The summed E-state index contributed by atoms with van der Waals surface area (Å²) in [7, 11) is 1.48. The van der Waals surface area contributed by atoms with Crippen LogP contribution < -0.4 is 20.3 Å². The third-order valence-electron chi connectivity index (χ3n) is 5.97. The van der Waals surface area contributed by atoms with Gasteiger partial charge in [0.1, 0.15) is 5.82 Å². The molecule has 0 aliphatic carbocycles. The average molecular weight is 612 g/mol. The second-order valence-electron chi connectivity index (χ2n) is 8.84. The number of ether oxygens (including phenoxy) is 2. The molecule has 0 bridgehead atoms. The number of para-hydroxylation sites is 1. The monoisotopic (exact) mass is 610 g/mol. The maximum Gasteiger partial charge on any atom is 0.282 e. The fraction of sp³-hybridized carbons (Fsp3) is 0.241. The maximum absolute atomic E-state index is 13.3. The number of unbranched alkanes of at least 4 members (excludes halogenated alkanes) is 1. The number of carbonyl (C=O) groups excluding carboxylic acids is 1. The number of anilines is 1. The van der Waals surface area contributed by atoms with Crippen molar-refractivity contribution in [3.63, 3.8) is 0 Å². The second kappa shape index (κ2) is 12.9. The lowest BCUT2D eigenvalue weighted by Crippen LogP contribution is -2.22. The number of carbonyl (C=O) groups is 1. The normalized spacial score (nSPS) is 11.2. The van der Waals surface area contributed by atoms with Gasteiger partial charge in [0, 0.05) is 16.6 Å². The van der Waals surface area contributed by atoms with Crippen LogP contribution >= 0.6 is 27.5 Å². The van der Waals surface area contributed by atoms with Crippen LogP contribution in [0.2, 0.25) is 5.02 Å². The third-order valence-corrected chi connectivity index (χ3v) is 6.74. The highest BCUT2D eigenvalue weighted by molar-refractivity contribution is 9.10.